The minimum absolute atomic E-state index is 0.185. The first-order chi connectivity index (χ1) is 9.63. The molecule has 20 heavy (non-hydrogen) atoms. The van der Waals surface area contributed by atoms with Gasteiger partial charge in [-0.1, -0.05) is 30.3 Å². The van der Waals surface area contributed by atoms with Crippen LogP contribution < -0.4 is 5.32 Å². The largest absolute Gasteiger partial charge is 0.384 e. The number of anilines is 1. The standard InChI is InChI=1S/C18H19NO/c1-12-3-4-14(9-13(12)2)10-18(20)16-6-5-15-7-8-19-17(15)11-16/h3-6,9,11,19H,7-8,10H2,1-2H3. The first-order valence-electron chi connectivity index (χ1n) is 7.09. The van der Waals surface area contributed by atoms with Crippen molar-refractivity contribution < 1.29 is 4.79 Å². The third kappa shape index (κ3) is 2.46. The number of hydrogen-bond donors (Lipinski definition) is 1. The Morgan fingerprint density at radius 3 is 2.75 bits per heavy atom. The average Bonchev–Trinajstić information content (AvgIpc) is 2.90. The number of fused-ring (bicyclic) bond motifs is 1. The summed E-state index contributed by atoms with van der Waals surface area (Å²) >= 11 is 0. The molecule has 0 aliphatic carbocycles. The first-order valence-corrected chi connectivity index (χ1v) is 7.09. The summed E-state index contributed by atoms with van der Waals surface area (Å²) < 4.78 is 0. The molecule has 102 valence electrons. The molecule has 1 aliphatic heterocycles. The highest BCUT2D eigenvalue weighted by Crippen LogP contribution is 2.24. The molecule has 3 rings (SSSR count). The minimum atomic E-state index is 0.185. The van der Waals surface area contributed by atoms with Crippen molar-refractivity contribution in [2.45, 2.75) is 26.7 Å². The number of nitrogens with one attached hydrogen (secondary N) is 1. The van der Waals surface area contributed by atoms with Gasteiger partial charge in [-0.25, -0.2) is 0 Å². The second-order valence-electron chi connectivity index (χ2n) is 5.57. The normalized spacial score (nSPS) is 12.9. The van der Waals surface area contributed by atoms with Gasteiger partial charge in [0.2, 0.25) is 0 Å². The average molecular weight is 265 g/mol. The summed E-state index contributed by atoms with van der Waals surface area (Å²) in [5.74, 6) is 0.185. The van der Waals surface area contributed by atoms with Crippen molar-refractivity contribution in [2.24, 2.45) is 0 Å². The fraction of sp³-hybridized carbons (Fsp3) is 0.278. The summed E-state index contributed by atoms with van der Waals surface area (Å²) in [5, 5.41) is 3.32. The van der Waals surface area contributed by atoms with Gasteiger partial charge in [-0.3, -0.25) is 4.79 Å². The smallest absolute Gasteiger partial charge is 0.167 e. The van der Waals surface area contributed by atoms with Crippen molar-refractivity contribution in [1.82, 2.24) is 0 Å². The van der Waals surface area contributed by atoms with Crippen molar-refractivity contribution in [3.05, 3.63) is 64.2 Å². The maximum absolute atomic E-state index is 12.4. The Bertz CT molecular complexity index is 673. The third-order valence-electron chi connectivity index (χ3n) is 4.08. The Hall–Kier alpha value is -2.09. The van der Waals surface area contributed by atoms with Crippen LogP contribution in [0.25, 0.3) is 0 Å². The van der Waals surface area contributed by atoms with Gasteiger partial charge in [0.1, 0.15) is 0 Å². The molecule has 2 heteroatoms. The molecule has 0 unspecified atom stereocenters. The van der Waals surface area contributed by atoms with E-state index < -0.39 is 0 Å². The van der Waals surface area contributed by atoms with Crippen molar-refractivity contribution >= 4 is 11.5 Å². The number of benzene rings is 2. The van der Waals surface area contributed by atoms with Gasteiger partial charge >= 0.3 is 0 Å². The maximum Gasteiger partial charge on any atom is 0.167 e. The molecule has 0 aromatic heterocycles. The second kappa shape index (κ2) is 5.12. The summed E-state index contributed by atoms with van der Waals surface area (Å²) in [6.45, 7) is 5.15. The van der Waals surface area contributed by atoms with E-state index >= 15 is 0 Å². The molecule has 0 saturated carbocycles. The lowest BCUT2D eigenvalue weighted by atomic mass is 9.98. The van der Waals surface area contributed by atoms with Gasteiger partial charge < -0.3 is 5.32 Å². The van der Waals surface area contributed by atoms with E-state index in [4.69, 9.17) is 0 Å². The zero-order chi connectivity index (χ0) is 14.1. The molecule has 0 saturated heterocycles. The summed E-state index contributed by atoms with van der Waals surface area (Å²) in [5.41, 5.74) is 6.83. The van der Waals surface area contributed by atoms with E-state index in [0.29, 0.717) is 6.42 Å². The molecule has 1 heterocycles. The SMILES string of the molecule is Cc1ccc(CC(=O)c2ccc3c(c2)NCC3)cc1C. The van der Waals surface area contributed by atoms with Crippen LogP contribution in [0.2, 0.25) is 0 Å². The van der Waals surface area contributed by atoms with E-state index in [0.717, 1.165) is 29.8 Å². The molecule has 0 spiro atoms. The quantitative estimate of drug-likeness (QED) is 0.857. The lowest BCUT2D eigenvalue weighted by Gasteiger charge is -2.07. The number of ketones is 1. The number of aryl methyl sites for hydroxylation is 2. The van der Waals surface area contributed by atoms with Gasteiger partial charge in [0.25, 0.3) is 0 Å². The van der Waals surface area contributed by atoms with E-state index in [-0.39, 0.29) is 5.78 Å². The van der Waals surface area contributed by atoms with Crippen LogP contribution in [0.3, 0.4) is 0 Å². The highest BCUT2D eigenvalue weighted by atomic mass is 16.1. The van der Waals surface area contributed by atoms with E-state index in [1.165, 1.54) is 16.7 Å². The lowest BCUT2D eigenvalue weighted by molar-refractivity contribution is 0.0993. The topological polar surface area (TPSA) is 29.1 Å². The van der Waals surface area contributed by atoms with E-state index in [9.17, 15) is 4.79 Å². The van der Waals surface area contributed by atoms with Crippen LogP contribution >= 0.6 is 0 Å². The first kappa shape index (κ1) is 12.9. The van der Waals surface area contributed by atoms with Crippen LogP contribution in [-0.2, 0) is 12.8 Å². The summed E-state index contributed by atoms with van der Waals surface area (Å²) in [6, 6.07) is 12.3. The minimum Gasteiger partial charge on any atom is -0.384 e. The van der Waals surface area contributed by atoms with Crippen molar-refractivity contribution in [1.29, 1.82) is 0 Å². The fourth-order valence-corrected chi connectivity index (χ4v) is 2.67. The zero-order valence-electron chi connectivity index (χ0n) is 12.0. The van der Waals surface area contributed by atoms with Gasteiger partial charge in [0.15, 0.2) is 5.78 Å². The van der Waals surface area contributed by atoms with Crippen LogP contribution in [0.1, 0.15) is 32.6 Å². The van der Waals surface area contributed by atoms with Crippen molar-refractivity contribution in [3.63, 3.8) is 0 Å². The number of Topliss-reactive ketones (excluding diaryl/α,β-unsaturated/α-hetero) is 1. The molecule has 0 amide bonds. The molecular weight excluding hydrogens is 246 g/mol. The highest BCUT2D eigenvalue weighted by Gasteiger charge is 2.14. The van der Waals surface area contributed by atoms with Gasteiger partial charge in [-0.2, -0.15) is 0 Å². The summed E-state index contributed by atoms with van der Waals surface area (Å²) in [4.78, 5) is 12.4. The Kier molecular flexibility index (Phi) is 3.31. The van der Waals surface area contributed by atoms with Crippen molar-refractivity contribution in [3.8, 4) is 0 Å². The molecule has 1 aliphatic rings. The van der Waals surface area contributed by atoms with Crippen LogP contribution in [0.15, 0.2) is 36.4 Å². The van der Waals surface area contributed by atoms with Crippen LogP contribution in [0.5, 0.6) is 0 Å². The van der Waals surface area contributed by atoms with Gasteiger partial charge in [-0.05, 0) is 48.6 Å². The number of rotatable bonds is 3. The number of hydrogen-bond acceptors (Lipinski definition) is 2. The predicted octanol–water partition coefficient (Wildman–Crippen LogP) is 3.70. The van der Waals surface area contributed by atoms with E-state index in [1.807, 2.05) is 18.2 Å². The number of carbonyl (C=O) groups is 1. The second-order valence-corrected chi connectivity index (χ2v) is 5.57. The Morgan fingerprint density at radius 1 is 1.10 bits per heavy atom. The Morgan fingerprint density at radius 2 is 1.95 bits per heavy atom. The molecule has 0 bridgehead atoms. The summed E-state index contributed by atoms with van der Waals surface area (Å²) in [6.07, 6.45) is 1.53. The molecule has 0 atom stereocenters. The molecule has 2 nitrogen and oxygen atoms in total. The summed E-state index contributed by atoms with van der Waals surface area (Å²) in [7, 11) is 0. The van der Waals surface area contributed by atoms with Crippen LogP contribution in [-0.4, -0.2) is 12.3 Å². The van der Waals surface area contributed by atoms with Crippen LogP contribution in [0.4, 0.5) is 5.69 Å². The molecule has 1 N–H and O–H groups in total. The molecular formula is C18H19NO. The fourth-order valence-electron chi connectivity index (χ4n) is 2.67. The molecule has 2 aromatic rings. The van der Waals surface area contributed by atoms with E-state index in [2.05, 4.69) is 37.4 Å². The van der Waals surface area contributed by atoms with Gasteiger partial charge in [0.05, 0.1) is 0 Å². The Balaban J connectivity index is 1.80. The van der Waals surface area contributed by atoms with Gasteiger partial charge in [-0.15, -0.1) is 0 Å². The maximum atomic E-state index is 12.4. The lowest BCUT2D eigenvalue weighted by Crippen LogP contribution is -2.04. The van der Waals surface area contributed by atoms with Crippen molar-refractivity contribution in [2.75, 3.05) is 11.9 Å². The molecule has 2 aromatic carbocycles. The molecule has 0 fully saturated rings. The van der Waals surface area contributed by atoms with E-state index in [1.54, 1.807) is 0 Å². The highest BCUT2D eigenvalue weighted by molar-refractivity contribution is 5.98. The molecule has 0 radical (unpaired) electrons. The monoisotopic (exact) mass is 265 g/mol. The zero-order valence-corrected chi connectivity index (χ0v) is 12.0. The number of carbonyl (C=O) groups excluding carboxylic acids is 1. The predicted molar refractivity (Wildman–Crippen MR) is 82.6 cm³/mol. The van der Waals surface area contributed by atoms with Gasteiger partial charge in [0, 0.05) is 24.2 Å². The van der Waals surface area contributed by atoms with Crippen LogP contribution in [0, 0.1) is 13.8 Å². The Labute approximate surface area is 119 Å². The third-order valence-corrected chi connectivity index (χ3v) is 4.08.